The first-order chi connectivity index (χ1) is 5.27. The number of rotatable bonds is 6. The molecule has 0 aromatic carbocycles. The van der Waals surface area contributed by atoms with Gasteiger partial charge in [0.1, 0.15) is 0 Å². The zero-order valence-corrected chi connectivity index (χ0v) is 8.13. The Bertz CT molecular complexity index is 111. The van der Waals surface area contributed by atoms with Gasteiger partial charge in [0.25, 0.3) is 0 Å². The van der Waals surface area contributed by atoms with Gasteiger partial charge in [-0.3, -0.25) is 4.72 Å². The second kappa shape index (κ2) is 8.07. The fourth-order valence-electron chi connectivity index (χ4n) is 0.518. The Morgan fingerprint density at radius 2 is 2.27 bits per heavy atom. The maximum atomic E-state index is 9.94. The summed E-state index contributed by atoms with van der Waals surface area (Å²) in [5, 5.41) is 8.17. The first kappa shape index (κ1) is 11.0. The van der Waals surface area contributed by atoms with Crippen LogP contribution in [0.4, 0.5) is 4.79 Å². The average Bonchev–Trinajstić information content (AvgIpc) is 1.96. The van der Waals surface area contributed by atoms with Crippen LogP contribution in [0.25, 0.3) is 0 Å². The van der Waals surface area contributed by atoms with Crippen LogP contribution < -0.4 is 4.72 Å². The number of hydrogen-bond donors (Lipinski definition) is 2. The highest BCUT2D eigenvalue weighted by Gasteiger charge is 1.93. The van der Waals surface area contributed by atoms with Gasteiger partial charge in [0.05, 0.1) is 0 Å². The minimum Gasteiger partial charge on any atom is -0.464 e. The van der Waals surface area contributed by atoms with E-state index in [2.05, 4.69) is 11.6 Å². The van der Waals surface area contributed by atoms with Crippen molar-refractivity contribution in [2.24, 2.45) is 0 Å². The van der Waals surface area contributed by atoms with Crippen LogP contribution in [0.1, 0.15) is 26.2 Å². The van der Waals surface area contributed by atoms with Gasteiger partial charge in [-0.25, -0.2) is 4.79 Å². The lowest BCUT2D eigenvalue weighted by atomic mass is 10.3. The Morgan fingerprint density at radius 3 is 2.82 bits per heavy atom. The van der Waals surface area contributed by atoms with Crippen LogP contribution in [0.3, 0.4) is 0 Å². The van der Waals surface area contributed by atoms with Crippen molar-refractivity contribution in [3.8, 4) is 0 Å². The molecule has 1 amide bonds. The third kappa shape index (κ3) is 9.97. The predicted molar refractivity (Wildman–Crippen MR) is 50.7 cm³/mol. The van der Waals surface area contributed by atoms with Crippen molar-refractivity contribution in [1.29, 1.82) is 0 Å². The molecule has 0 saturated heterocycles. The lowest BCUT2D eigenvalue weighted by molar-refractivity contribution is 0.202. The smallest absolute Gasteiger partial charge is 0.415 e. The normalized spacial score (nSPS) is 9.55. The van der Waals surface area contributed by atoms with Gasteiger partial charge in [0.15, 0.2) is 0 Å². The van der Waals surface area contributed by atoms with Crippen LogP contribution in [0, 0.1) is 0 Å². The first-order valence-corrected chi connectivity index (χ1v) is 5.86. The molecule has 66 valence electrons. The van der Waals surface area contributed by atoms with Gasteiger partial charge >= 0.3 is 6.09 Å². The van der Waals surface area contributed by atoms with E-state index in [4.69, 9.17) is 5.11 Å². The minimum atomic E-state index is -0.974. The van der Waals surface area contributed by atoms with Crippen molar-refractivity contribution >= 4 is 27.9 Å². The van der Waals surface area contributed by atoms with Crippen molar-refractivity contribution in [2.45, 2.75) is 26.2 Å². The highest BCUT2D eigenvalue weighted by molar-refractivity contribution is 8.76. The van der Waals surface area contributed by atoms with Crippen molar-refractivity contribution < 1.29 is 9.90 Å². The Balaban J connectivity index is 2.85. The highest BCUT2D eigenvalue weighted by Crippen LogP contribution is 2.18. The summed E-state index contributed by atoms with van der Waals surface area (Å²) in [6, 6.07) is 0. The number of amides is 1. The number of nitrogens with one attached hydrogen (secondary N) is 1. The largest absolute Gasteiger partial charge is 0.464 e. The average molecular weight is 195 g/mol. The molecule has 0 aliphatic heterocycles. The summed E-state index contributed by atoms with van der Waals surface area (Å²) >= 11 is 0. The fourth-order valence-corrected chi connectivity index (χ4v) is 2.05. The van der Waals surface area contributed by atoms with E-state index in [-0.39, 0.29) is 0 Å². The second-order valence-electron chi connectivity index (χ2n) is 2.02. The van der Waals surface area contributed by atoms with Crippen molar-refractivity contribution in [3.63, 3.8) is 0 Å². The minimum absolute atomic E-state index is 0.974. The molecule has 11 heavy (non-hydrogen) atoms. The Hall–Kier alpha value is -0.0300. The standard InChI is InChI=1S/C6H13NO2S2/c1-2-3-4-5-10-11-7-6(8)9/h7H,2-5H2,1H3,(H,8,9). The zero-order valence-electron chi connectivity index (χ0n) is 6.50. The quantitative estimate of drug-likeness (QED) is 0.389. The molecule has 0 aliphatic rings. The van der Waals surface area contributed by atoms with E-state index in [1.54, 1.807) is 10.8 Å². The van der Waals surface area contributed by atoms with E-state index >= 15 is 0 Å². The lowest BCUT2D eigenvalue weighted by Gasteiger charge is -1.97. The summed E-state index contributed by atoms with van der Waals surface area (Å²) in [7, 11) is 2.73. The Labute approximate surface area is 74.9 Å². The third-order valence-electron chi connectivity index (χ3n) is 1.02. The molecule has 0 radical (unpaired) electrons. The molecular weight excluding hydrogens is 182 g/mol. The zero-order chi connectivity index (χ0) is 8.53. The summed E-state index contributed by atoms with van der Waals surface area (Å²) in [4.78, 5) is 9.94. The van der Waals surface area contributed by atoms with Gasteiger partial charge < -0.3 is 5.11 Å². The number of hydrogen-bond acceptors (Lipinski definition) is 3. The molecular formula is C6H13NO2S2. The van der Waals surface area contributed by atoms with Crippen molar-refractivity contribution in [1.82, 2.24) is 4.72 Å². The van der Waals surface area contributed by atoms with Crippen LogP contribution in [0.15, 0.2) is 0 Å². The molecule has 0 saturated carbocycles. The van der Waals surface area contributed by atoms with E-state index in [0.717, 1.165) is 12.2 Å². The first-order valence-electron chi connectivity index (χ1n) is 3.54. The molecule has 0 spiro atoms. The summed E-state index contributed by atoms with van der Waals surface area (Å²) in [6.07, 6.45) is 2.62. The van der Waals surface area contributed by atoms with Gasteiger partial charge in [-0.2, -0.15) is 0 Å². The monoisotopic (exact) mass is 195 g/mol. The van der Waals surface area contributed by atoms with Gasteiger partial charge in [0, 0.05) is 16.7 Å². The van der Waals surface area contributed by atoms with Crippen LogP contribution in [-0.4, -0.2) is 17.0 Å². The topological polar surface area (TPSA) is 49.3 Å². The molecule has 2 N–H and O–H groups in total. The maximum absolute atomic E-state index is 9.94. The highest BCUT2D eigenvalue weighted by atomic mass is 33.1. The molecule has 3 nitrogen and oxygen atoms in total. The van der Waals surface area contributed by atoms with Gasteiger partial charge in [-0.15, -0.1) is 0 Å². The van der Waals surface area contributed by atoms with Gasteiger partial charge in [-0.1, -0.05) is 30.6 Å². The molecule has 0 heterocycles. The van der Waals surface area contributed by atoms with Crippen LogP contribution >= 0.6 is 21.8 Å². The number of carboxylic acid groups (broad SMARTS) is 1. The van der Waals surface area contributed by atoms with Crippen molar-refractivity contribution in [3.05, 3.63) is 0 Å². The lowest BCUT2D eigenvalue weighted by Crippen LogP contribution is -2.09. The van der Waals surface area contributed by atoms with E-state index in [9.17, 15) is 4.79 Å². The van der Waals surface area contributed by atoms with E-state index in [0.29, 0.717) is 0 Å². The Kier molecular flexibility index (Phi) is 8.05. The Morgan fingerprint density at radius 1 is 1.55 bits per heavy atom. The van der Waals surface area contributed by atoms with Gasteiger partial charge in [0.2, 0.25) is 0 Å². The van der Waals surface area contributed by atoms with E-state index < -0.39 is 6.09 Å². The van der Waals surface area contributed by atoms with Crippen LogP contribution in [0.2, 0.25) is 0 Å². The molecule has 0 atom stereocenters. The molecule has 0 aliphatic carbocycles. The summed E-state index contributed by atoms with van der Waals surface area (Å²) in [5.41, 5.74) is 0. The van der Waals surface area contributed by atoms with Crippen molar-refractivity contribution in [2.75, 3.05) is 5.75 Å². The number of carbonyl (C=O) groups is 1. The van der Waals surface area contributed by atoms with Crippen LogP contribution in [-0.2, 0) is 0 Å². The molecule has 0 unspecified atom stereocenters. The summed E-state index contributed by atoms with van der Waals surface area (Å²) in [5.74, 6) is 1.01. The summed E-state index contributed by atoms with van der Waals surface area (Å²) < 4.78 is 2.22. The fraction of sp³-hybridized carbons (Fsp3) is 0.833. The van der Waals surface area contributed by atoms with Gasteiger partial charge in [-0.05, 0) is 6.42 Å². The predicted octanol–water partition coefficient (Wildman–Crippen LogP) is 2.74. The summed E-state index contributed by atoms with van der Waals surface area (Å²) in [6.45, 7) is 2.15. The third-order valence-corrected chi connectivity index (χ3v) is 2.95. The number of unbranched alkanes of at least 4 members (excludes halogenated alkanes) is 2. The maximum Gasteiger partial charge on any atom is 0.415 e. The second-order valence-corrected chi connectivity index (χ2v) is 4.24. The van der Waals surface area contributed by atoms with E-state index in [1.165, 1.54) is 23.8 Å². The molecule has 0 aromatic rings. The molecule has 5 heteroatoms. The molecule has 0 rings (SSSR count). The molecule has 0 fully saturated rings. The van der Waals surface area contributed by atoms with E-state index in [1.807, 2.05) is 0 Å². The molecule has 0 aromatic heterocycles. The van der Waals surface area contributed by atoms with Crippen LogP contribution in [0.5, 0.6) is 0 Å². The molecule has 0 bridgehead atoms. The SMILES string of the molecule is CCCCCSSNC(=O)O.